The highest BCUT2D eigenvalue weighted by Gasteiger charge is 2.47. The average molecular weight is 341 g/mol. The van der Waals surface area contributed by atoms with E-state index in [1.54, 1.807) is 0 Å². The molecule has 4 rings (SSSR count). The zero-order valence-electron chi connectivity index (χ0n) is 14.4. The number of fused-ring (bicyclic) bond motifs is 2. The van der Waals surface area contributed by atoms with Gasteiger partial charge in [-0.25, -0.2) is 0 Å². The normalized spacial score (nSPS) is 21.4. The summed E-state index contributed by atoms with van der Waals surface area (Å²) in [6, 6.07) is 18.0. The minimum Gasteiger partial charge on any atom is -0.354 e. The Balaban J connectivity index is 1.53. The summed E-state index contributed by atoms with van der Waals surface area (Å²) in [5.74, 6) is 12.6. The smallest absolute Gasteiger partial charge is 0.254 e. The van der Waals surface area contributed by atoms with Crippen molar-refractivity contribution in [1.82, 2.24) is 4.90 Å². The second kappa shape index (κ2) is 7.48. The van der Waals surface area contributed by atoms with E-state index in [0.29, 0.717) is 6.54 Å². The van der Waals surface area contributed by atoms with Gasteiger partial charge in [-0.1, -0.05) is 66.1 Å². The summed E-state index contributed by atoms with van der Waals surface area (Å²) in [6.45, 7) is 0.875. The first kappa shape index (κ1) is 16.5. The van der Waals surface area contributed by atoms with Crippen LogP contribution in [-0.2, 0) is 16.1 Å². The number of hydrogen-bond acceptors (Lipinski definition) is 2. The molecule has 2 aliphatic heterocycles. The van der Waals surface area contributed by atoms with Crippen molar-refractivity contribution in [2.75, 3.05) is 6.61 Å². The van der Waals surface area contributed by atoms with Crippen molar-refractivity contribution < 1.29 is 9.53 Å². The van der Waals surface area contributed by atoms with Crippen molar-refractivity contribution in [3.63, 3.8) is 0 Å². The van der Waals surface area contributed by atoms with Gasteiger partial charge < -0.3 is 9.64 Å². The molecule has 0 unspecified atom stereocenters. The van der Waals surface area contributed by atoms with Gasteiger partial charge in [0, 0.05) is 24.1 Å². The summed E-state index contributed by atoms with van der Waals surface area (Å²) < 4.78 is 5.80. The first-order chi connectivity index (χ1) is 12.8. The predicted octanol–water partition coefficient (Wildman–Crippen LogP) is 2.98. The van der Waals surface area contributed by atoms with Crippen molar-refractivity contribution in [1.29, 1.82) is 0 Å². The summed E-state index contributed by atoms with van der Waals surface area (Å²) >= 11 is 0. The molecule has 0 aromatic heterocycles. The number of β-lactam (4-membered cyclic amide) rings is 1. The molecule has 0 saturated carbocycles. The van der Waals surface area contributed by atoms with Gasteiger partial charge in [0.15, 0.2) is 6.10 Å². The minimum absolute atomic E-state index is 0.0473. The molecule has 0 radical (unpaired) electrons. The lowest BCUT2D eigenvalue weighted by Crippen LogP contribution is -2.65. The number of ether oxygens (including phenoxy) is 1. The maximum Gasteiger partial charge on any atom is 0.254 e. The molecule has 0 spiro atoms. The fraction of sp³-hybridized carbons (Fsp3) is 0.261. The fourth-order valence-electron chi connectivity index (χ4n) is 3.38. The van der Waals surface area contributed by atoms with Crippen LogP contribution in [0.2, 0.25) is 0 Å². The van der Waals surface area contributed by atoms with Crippen LogP contribution in [0.1, 0.15) is 29.5 Å². The third-order valence-electron chi connectivity index (χ3n) is 4.75. The van der Waals surface area contributed by atoms with Gasteiger partial charge in [0.05, 0.1) is 6.04 Å². The number of likely N-dealkylation sites (tertiary alicyclic amines) is 1. The van der Waals surface area contributed by atoms with Gasteiger partial charge in [-0.2, -0.15) is 0 Å². The van der Waals surface area contributed by atoms with Gasteiger partial charge in [-0.15, -0.1) is 0 Å². The SMILES string of the molecule is O=C1[C@@H]2OCC#Cc3ccccc3C#CCC[C@H]2N1Cc1ccccc1. The molecule has 26 heavy (non-hydrogen) atoms. The number of rotatable bonds is 2. The second-order valence-electron chi connectivity index (χ2n) is 6.44. The number of benzene rings is 2. The lowest BCUT2D eigenvalue weighted by atomic mass is 9.92. The van der Waals surface area contributed by atoms with Crippen molar-refractivity contribution in [2.24, 2.45) is 0 Å². The summed E-state index contributed by atoms with van der Waals surface area (Å²) in [4.78, 5) is 14.4. The highest BCUT2D eigenvalue weighted by Crippen LogP contribution is 2.29. The fourth-order valence-corrected chi connectivity index (χ4v) is 3.38. The molecule has 2 atom stereocenters. The highest BCUT2D eigenvalue weighted by atomic mass is 16.5. The third kappa shape index (κ3) is 3.36. The minimum atomic E-state index is -0.399. The average Bonchev–Trinajstić information content (AvgIpc) is 2.68. The lowest BCUT2D eigenvalue weighted by molar-refractivity contribution is -0.174. The maximum atomic E-state index is 12.5. The van der Waals surface area contributed by atoms with E-state index in [2.05, 4.69) is 23.7 Å². The number of nitrogens with zero attached hydrogens (tertiary/aromatic N) is 1. The molecule has 3 nitrogen and oxygen atoms in total. The summed E-state index contributed by atoms with van der Waals surface area (Å²) in [5.41, 5.74) is 2.99. The number of hydrogen-bond donors (Lipinski definition) is 0. The van der Waals surface area contributed by atoms with E-state index in [9.17, 15) is 4.79 Å². The van der Waals surface area contributed by atoms with Crippen molar-refractivity contribution >= 4 is 5.91 Å². The molecular weight excluding hydrogens is 322 g/mol. The molecule has 0 N–H and O–H groups in total. The van der Waals surface area contributed by atoms with Crippen LogP contribution < -0.4 is 0 Å². The van der Waals surface area contributed by atoms with Crippen molar-refractivity contribution in [3.05, 3.63) is 71.3 Å². The first-order valence-corrected chi connectivity index (χ1v) is 8.86. The molecule has 1 fully saturated rings. The van der Waals surface area contributed by atoms with Crippen LogP contribution in [0.25, 0.3) is 0 Å². The Kier molecular flexibility index (Phi) is 4.73. The molecule has 1 amide bonds. The largest absolute Gasteiger partial charge is 0.354 e. The summed E-state index contributed by atoms with van der Waals surface area (Å²) in [5, 5.41) is 0. The predicted molar refractivity (Wildman–Crippen MR) is 100.0 cm³/mol. The lowest BCUT2D eigenvalue weighted by Gasteiger charge is -2.46. The van der Waals surface area contributed by atoms with Gasteiger partial charge in [-0.05, 0) is 24.1 Å². The van der Waals surface area contributed by atoms with Crippen LogP contribution in [0.4, 0.5) is 0 Å². The molecule has 2 aliphatic rings. The van der Waals surface area contributed by atoms with Gasteiger partial charge in [0.2, 0.25) is 0 Å². The Morgan fingerprint density at radius 3 is 2.42 bits per heavy atom. The van der Waals surface area contributed by atoms with E-state index in [-0.39, 0.29) is 18.6 Å². The molecule has 0 bridgehead atoms. The van der Waals surface area contributed by atoms with E-state index >= 15 is 0 Å². The van der Waals surface area contributed by atoms with Crippen LogP contribution in [0, 0.1) is 23.7 Å². The molecule has 2 aromatic rings. The molecule has 2 aromatic carbocycles. The van der Waals surface area contributed by atoms with Gasteiger partial charge in [0.25, 0.3) is 5.91 Å². The maximum absolute atomic E-state index is 12.5. The van der Waals surface area contributed by atoms with Crippen LogP contribution in [0.3, 0.4) is 0 Å². The summed E-state index contributed by atoms with van der Waals surface area (Å²) in [7, 11) is 0. The molecule has 2 heterocycles. The van der Waals surface area contributed by atoms with E-state index in [0.717, 1.165) is 29.5 Å². The van der Waals surface area contributed by atoms with Gasteiger partial charge in [-0.3, -0.25) is 4.79 Å². The van der Waals surface area contributed by atoms with Crippen molar-refractivity contribution in [2.45, 2.75) is 31.5 Å². The topological polar surface area (TPSA) is 29.5 Å². The van der Waals surface area contributed by atoms with E-state index in [4.69, 9.17) is 4.74 Å². The van der Waals surface area contributed by atoms with Crippen LogP contribution in [0.5, 0.6) is 0 Å². The van der Waals surface area contributed by atoms with Gasteiger partial charge in [0.1, 0.15) is 6.61 Å². The molecule has 128 valence electrons. The molecule has 1 saturated heterocycles. The Bertz CT molecular complexity index is 927. The number of carbonyl (C=O) groups excluding carboxylic acids is 1. The van der Waals surface area contributed by atoms with Crippen LogP contribution in [-0.4, -0.2) is 29.6 Å². The van der Waals surface area contributed by atoms with E-state index in [1.165, 1.54) is 0 Å². The Morgan fingerprint density at radius 2 is 1.65 bits per heavy atom. The molecule has 3 heteroatoms. The highest BCUT2D eigenvalue weighted by molar-refractivity contribution is 5.88. The van der Waals surface area contributed by atoms with Gasteiger partial charge >= 0.3 is 0 Å². The van der Waals surface area contributed by atoms with Crippen LogP contribution in [0.15, 0.2) is 54.6 Å². The zero-order valence-corrected chi connectivity index (χ0v) is 14.4. The Hall–Kier alpha value is -3.01. The third-order valence-corrected chi connectivity index (χ3v) is 4.75. The standard InChI is InChI=1S/C23H19NO2/c25-23-22-21(24(23)17-18-9-2-1-3-10-18)15-7-6-13-19-11-4-5-12-20(19)14-8-16-26-22/h1-5,9-12,21-22H,7,15-17H2/t21-,22-/m1/s1. The molecular formula is C23H19NO2. The Morgan fingerprint density at radius 1 is 0.962 bits per heavy atom. The summed E-state index contributed by atoms with van der Waals surface area (Å²) in [6.07, 6.45) is 1.14. The van der Waals surface area contributed by atoms with E-state index < -0.39 is 6.10 Å². The number of carbonyl (C=O) groups is 1. The van der Waals surface area contributed by atoms with Crippen LogP contribution >= 0.6 is 0 Å². The van der Waals surface area contributed by atoms with E-state index in [1.807, 2.05) is 59.5 Å². The monoisotopic (exact) mass is 341 g/mol. The zero-order chi connectivity index (χ0) is 17.8. The quantitative estimate of drug-likeness (QED) is 0.621. The Labute approximate surface area is 154 Å². The number of amides is 1. The first-order valence-electron chi connectivity index (χ1n) is 8.86. The molecule has 0 aliphatic carbocycles. The van der Waals surface area contributed by atoms with Crippen molar-refractivity contribution in [3.8, 4) is 23.7 Å². The second-order valence-corrected chi connectivity index (χ2v) is 6.44.